The molecular weight excluding hydrogens is 378 g/mol. The van der Waals surface area contributed by atoms with Crippen molar-refractivity contribution in [2.45, 2.75) is 4.90 Å². The summed E-state index contributed by atoms with van der Waals surface area (Å²) in [6.45, 7) is 0. The van der Waals surface area contributed by atoms with E-state index in [1.807, 2.05) is 18.4 Å². The molecule has 0 amide bonds. The SMILES string of the molecule is CSc1ccccc1C(=O)O/N=C(/c1ccncc1)c1ccc([N+](=O)[O-])cc1. The second-order valence-electron chi connectivity index (χ2n) is 5.56. The summed E-state index contributed by atoms with van der Waals surface area (Å²) in [5.74, 6) is -0.585. The maximum Gasteiger partial charge on any atom is 0.366 e. The van der Waals surface area contributed by atoms with Crippen molar-refractivity contribution in [1.29, 1.82) is 0 Å². The first-order valence-corrected chi connectivity index (χ1v) is 9.40. The van der Waals surface area contributed by atoms with Crippen LogP contribution in [0.25, 0.3) is 0 Å². The number of nitrogens with zero attached hydrogens (tertiary/aromatic N) is 3. The van der Waals surface area contributed by atoms with E-state index in [1.165, 1.54) is 23.9 Å². The van der Waals surface area contributed by atoms with Crippen LogP contribution in [-0.2, 0) is 4.84 Å². The first kappa shape index (κ1) is 19.2. The summed E-state index contributed by atoms with van der Waals surface area (Å²) in [6, 6.07) is 16.4. The Morgan fingerprint density at radius 3 is 2.32 bits per heavy atom. The molecule has 7 nitrogen and oxygen atoms in total. The molecule has 140 valence electrons. The van der Waals surface area contributed by atoms with Crippen LogP contribution in [0.3, 0.4) is 0 Å². The molecule has 3 rings (SSSR count). The van der Waals surface area contributed by atoms with Crippen LogP contribution in [0.5, 0.6) is 0 Å². The van der Waals surface area contributed by atoms with E-state index in [4.69, 9.17) is 4.84 Å². The molecule has 8 heteroatoms. The first-order valence-electron chi connectivity index (χ1n) is 8.17. The van der Waals surface area contributed by atoms with Gasteiger partial charge in [-0.25, -0.2) is 4.79 Å². The molecule has 0 aliphatic carbocycles. The standard InChI is InChI=1S/C20H15N3O4S/c1-28-18-5-3-2-4-17(18)20(24)27-22-19(15-10-12-21-13-11-15)14-6-8-16(9-7-14)23(25)26/h2-13H,1H3/b22-19+. The van der Waals surface area contributed by atoms with Gasteiger partial charge in [-0.05, 0) is 42.7 Å². The van der Waals surface area contributed by atoms with Gasteiger partial charge in [0.05, 0.1) is 10.5 Å². The van der Waals surface area contributed by atoms with Crippen molar-refractivity contribution in [3.63, 3.8) is 0 Å². The fraction of sp³-hybridized carbons (Fsp3) is 0.0500. The number of non-ortho nitro benzene ring substituents is 1. The molecule has 3 aromatic rings. The van der Waals surface area contributed by atoms with Crippen LogP contribution in [-0.4, -0.2) is 27.8 Å². The van der Waals surface area contributed by atoms with E-state index in [2.05, 4.69) is 10.1 Å². The second kappa shape index (κ2) is 8.92. The molecule has 2 aromatic carbocycles. The van der Waals surface area contributed by atoms with Gasteiger partial charge in [-0.3, -0.25) is 15.1 Å². The molecule has 0 N–H and O–H groups in total. The molecule has 0 aliphatic heterocycles. The fourth-order valence-electron chi connectivity index (χ4n) is 2.47. The van der Waals surface area contributed by atoms with E-state index in [9.17, 15) is 14.9 Å². The van der Waals surface area contributed by atoms with Gasteiger partial charge in [0, 0.05) is 40.5 Å². The number of nitro groups is 1. The minimum atomic E-state index is -0.585. The highest BCUT2D eigenvalue weighted by Crippen LogP contribution is 2.21. The maximum atomic E-state index is 12.5. The Labute approximate surface area is 165 Å². The molecule has 0 spiro atoms. The van der Waals surface area contributed by atoms with Crippen LogP contribution in [0.2, 0.25) is 0 Å². The Morgan fingerprint density at radius 1 is 1.04 bits per heavy atom. The molecule has 28 heavy (non-hydrogen) atoms. The number of oxime groups is 1. The largest absolute Gasteiger partial charge is 0.366 e. The van der Waals surface area contributed by atoms with Crippen molar-refractivity contribution in [2.24, 2.45) is 5.16 Å². The molecule has 0 saturated heterocycles. The Hall–Kier alpha value is -3.52. The molecule has 0 saturated carbocycles. The summed E-state index contributed by atoms with van der Waals surface area (Å²) in [5, 5.41) is 14.9. The molecule has 1 aromatic heterocycles. The highest BCUT2D eigenvalue weighted by Gasteiger charge is 2.15. The summed E-state index contributed by atoms with van der Waals surface area (Å²) in [4.78, 5) is 32.8. The number of aromatic nitrogens is 1. The van der Waals surface area contributed by atoms with Gasteiger partial charge in [-0.1, -0.05) is 17.3 Å². The van der Waals surface area contributed by atoms with Crippen LogP contribution in [0.1, 0.15) is 21.5 Å². The van der Waals surface area contributed by atoms with E-state index in [1.54, 1.807) is 48.8 Å². The highest BCUT2D eigenvalue weighted by molar-refractivity contribution is 7.98. The van der Waals surface area contributed by atoms with Gasteiger partial charge in [0.1, 0.15) is 5.71 Å². The zero-order valence-electron chi connectivity index (χ0n) is 14.8. The molecule has 0 bridgehead atoms. The van der Waals surface area contributed by atoms with Crippen molar-refractivity contribution >= 4 is 29.1 Å². The number of nitro benzene ring substituents is 1. The third-order valence-electron chi connectivity index (χ3n) is 3.85. The monoisotopic (exact) mass is 393 g/mol. The van der Waals surface area contributed by atoms with E-state index < -0.39 is 10.9 Å². The van der Waals surface area contributed by atoms with Crippen molar-refractivity contribution in [1.82, 2.24) is 4.98 Å². The minimum Gasteiger partial charge on any atom is -0.312 e. The number of benzene rings is 2. The number of pyridine rings is 1. The predicted octanol–water partition coefficient (Wildman–Crippen LogP) is 4.32. The lowest BCUT2D eigenvalue weighted by Gasteiger charge is -2.08. The Morgan fingerprint density at radius 2 is 1.68 bits per heavy atom. The summed E-state index contributed by atoms with van der Waals surface area (Å²) < 4.78 is 0. The zero-order chi connectivity index (χ0) is 19.9. The predicted molar refractivity (Wildman–Crippen MR) is 107 cm³/mol. The van der Waals surface area contributed by atoms with Gasteiger partial charge in [-0.2, -0.15) is 0 Å². The Kier molecular flexibility index (Phi) is 6.13. The average molecular weight is 393 g/mol. The molecule has 1 heterocycles. The van der Waals surface area contributed by atoms with Crippen molar-refractivity contribution in [3.8, 4) is 0 Å². The van der Waals surface area contributed by atoms with E-state index in [-0.39, 0.29) is 5.69 Å². The number of thioether (sulfide) groups is 1. The number of rotatable bonds is 6. The fourth-order valence-corrected chi connectivity index (χ4v) is 3.06. The first-order chi connectivity index (χ1) is 13.6. The number of hydrogen-bond donors (Lipinski definition) is 0. The lowest BCUT2D eigenvalue weighted by molar-refractivity contribution is -0.384. The average Bonchev–Trinajstić information content (AvgIpc) is 2.74. The molecule has 0 unspecified atom stereocenters. The van der Waals surface area contributed by atoms with Gasteiger partial charge in [0.2, 0.25) is 0 Å². The van der Waals surface area contributed by atoms with Gasteiger partial charge in [0.25, 0.3) is 5.69 Å². The van der Waals surface area contributed by atoms with Gasteiger partial charge in [0.15, 0.2) is 0 Å². The zero-order valence-corrected chi connectivity index (χ0v) is 15.6. The second-order valence-corrected chi connectivity index (χ2v) is 6.41. The molecular formula is C20H15N3O4S. The van der Waals surface area contributed by atoms with Crippen molar-refractivity contribution in [2.75, 3.05) is 6.26 Å². The van der Waals surface area contributed by atoms with Crippen LogP contribution < -0.4 is 0 Å². The van der Waals surface area contributed by atoms with Gasteiger partial charge < -0.3 is 4.84 Å². The minimum absolute atomic E-state index is 0.0382. The third kappa shape index (κ3) is 4.41. The Balaban J connectivity index is 1.95. The van der Waals surface area contributed by atoms with Gasteiger partial charge >= 0.3 is 5.97 Å². The summed E-state index contributed by atoms with van der Waals surface area (Å²) in [5.41, 5.74) is 1.98. The molecule has 0 radical (unpaired) electrons. The third-order valence-corrected chi connectivity index (χ3v) is 4.65. The number of carbonyl (C=O) groups excluding carboxylic acids is 1. The summed E-state index contributed by atoms with van der Waals surface area (Å²) in [6.07, 6.45) is 5.04. The number of carbonyl (C=O) groups is 1. The van der Waals surface area contributed by atoms with Crippen LogP contribution in [0, 0.1) is 10.1 Å². The van der Waals surface area contributed by atoms with E-state index in [0.29, 0.717) is 22.4 Å². The van der Waals surface area contributed by atoms with Gasteiger partial charge in [-0.15, -0.1) is 11.8 Å². The normalized spacial score (nSPS) is 11.1. The molecule has 0 fully saturated rings. The van der Waals surface area contributed by atoms with Crippen LogP contribution >= 0.6 is 11.8 Å². The molecule has 0 atom stereocenters. The van der Waals surface area contributed by atoms with E-state index >= 15 is 0 Å². The summed E-state index contributed by atoms with van der Waals surface area (Å²) >= 11 is 1.43. The maximum absolute atomic E-state index is 12.5. The lowest BCUT2D eigenvalue weighted by atomic mass is 10.0. The quantitative estimate of drug-likeness (QED) is 0.203. The smallest absolute Gasteiger partial charge is 0.312 e. The lowest BCUT2D eigenvalue weighted by Crippen LogP contribution is -2.09. The summed E-state index contributed by atoms with van der Waals surface area (Å²) in [7, 11) is 0. The molecule has 0 aliphatic rings. The van der Waals surface area contributed by atoms with Crippen LogP contribution in [0.4, 0.5) is 5.69 Å². The highest BCUT2D eigenvalue weighted by atomic mass is 32.2. The van der Waals surface area contributed by atoms with Crippen molar-refractivity contribution < 1.29 is 14.6 Å². The topological polar surface area (TPSA) is 94.7 Å². The van der Waals surface area contributed by atoms with Crippen molar-refractivity contribution in [3.05, 3.63) is 99.9 Å². The number of hydrogen-bond acceptors (Lipinski definition) is 7. The van der Waals surface area contributed by atoms with Crippen LogP contribution in [0.15, 0.2) is 83.1 Å². The Bertz CT molecular complexity index is 1020. The van der Waals surface area contributed by atoms with E-state index in [0.717, 1.165) is 4.90 Å².